The normalized spacial score (nSPS) is 9.68. The lowest BCUT2D eigenvalue weighted by atomic mass is 10.3. The van der Waals surface area contributed by atoms with Gasteiger partial charge in [-0.15, -0.1) is 0 Å². The van der Waals surface area contributed by atoms with Crippen LogP contribution in [0, 0.1) is 0 Å². The Kier molecular flexibility index (Phi) is 6.17. The highest BCUT2D eigenvalue weighted by Crippen LogP contribution is 2.13. The average molecular weight is 380 g/mol. The average Bonchev–Trinajstić information content (AvgIpc) is 2.54. The molecule has 0 atom stereocenters. The van der Waals surface area contributed by atoms with Crippen LogP contribution in [0.2, 0.25) is 0 Å². The molecule has 3 N–H and O–H groups in total. The number of para-hydroxylation sites is 1. The summed E-state index contributed by atoms with van der Waals surface area (Å²) in [7, 11) is 0. The van der Waals surface area contributed by atoms with Crippen LogP contribution >= 0.6 is 28.1 Å². The number of amides is 1. The minimum absolute atomic E-state index is 0.0993. The second-order valence-corrected chi connectivity index (χ2v) is 5.56. The summed E-state index contributed by atoms with van der Waals surface area (Å²) in [5.74, 6) is 0.303. The minimum Gasteiger partial charge on any atom is -0.484 e. The number of thiocarbonyl (C=S) groups is 1. The number of carbonyl (C=O) groups is 1. The van der Waals surface area contributed by atoms with Gasteiger partial charge in [-0.25, -0.2) is 0 Å². The lowest BCUT2D eigenvalue weighted by Crippen LogP contribution is -2.45. The van der Waals surface area contributed by atoms with Crippen LogP contribution in [0.15, 0.2) is 59.1 Å². The van der Waals surface area contributed by atoms with Gasteiger partial charge in [0, 0.05) is 10.2 Å². The third kappa shape index (κ3) is 5.71. The molecule has 5 nitrogen and oxygen atoms in total. The highest BCUT2D eigenvalue weighted by atomic mass is 79.9. The first kappa shape index (κ1) is 16.3. The molecule has 0 aromatic heterocycles. The molecule has 1 amide bonds. The molecular formula is C15H14BrN3O2S. The molecule has 0 aliphatic heterocycles. The highest BCUT2D eigenvalue weighted by molar-refractivity contribution is 9.10. The van der Waals surface area contributed by atoms with Gasteiger partial charge in [0.1, 0.15) is 5.75 Å². The Balaban J connectivity index is 1.69. The van der Waals surface area contributed by atoms with Crippen molar-refractivity contribution in [3.8, 4) is 5.75 Å². The SMILES string of the molecule is O=C(COc1ccccc1)NNC(=S)Nc1ccc(Br)cc1. The van der Waals surface area contributed by atoms with E-state index in [9.17, 15) is 4.79 Å². The number of hydrazine groups is 1. The number of benzene rings is 2. The van der Waals surface area contributed by atoms with Gasteiger partial charge < -0.3 is 10.1 Å². The first-order valence-corrected chi connectivity index (χ1v) is 7.63. The lowest BCUT2D eigenvalue weighted by Gasteiger charge is -2.12. The summed E-state index contributed by atoms with van der Waals surface area (Å²) in [5.41, 5.74) is 5.88. The summed E-state index contributed by atoms with van der Waals surface area (Å²) in [4.78, 5) is 11.6. The maximum Gasteiger partial charge on any atom is 0.276 e. The quantitative estimate of drug-likeness (QED) is 0.563. The predicted molar refractivity (Wildman–Crippen MR) is 93.6 cm³/mol. The van der Waals surface area contributed by atoms with Crippen LogP contribution in [0.4, 0.5) is 5.69 Å². The number of anilines is 1. The van der Waals surface area contributed by atoms with Crippen LogP contribution in [0.3, 0.4) is 0 Å². The Labute approximate surface area is 142 Å². The van der Waals surface area contributed by atoms with Crippen molar-refractivity contribution in [1.29, 1.82) is 0 Å². The fourth-order valence-corrected chi connectivity index (χ4v) is 1.96. The monoisotopic (exact) mass is 379 g/mol. The third-order valence-corrected chi connectivity index (χ3v) is 3.26. The number of rotatable bonds is 4. The Bertz CT molecular complexity index is 635. The Morgan fingerprint density at radius 3 is 2.41 bits per heavy atom. The van der Waals surface area contributed by atoms with E-state index < -0.39 is 0 Å². The summed E-state index contributed by atoms with van der Waals surface area (Å²) in [5, 5.41) is 3.23. The number of hydrogen-bond donors (Lipinski definition) is 3. The number of nitrogens with one attached hydrogen (secondary N) is 3. The molecule has 0 heterocycles. The minimum atomic E-state index is -0.330. The molecule has 0 radical (unpaired) electrons. The predicted octanol–water partition coefficient (Wildman–Crippen LogP) is 2.85. The van der Waals surface area contributed by atoms with Crippen molar-refractivity contribution in [2.45, 2.75) is 0 Å². The van der Waals surface area contributed by atoms with Crippen LogP contribution in [0.1, 0.15) is 0 Å². The summed E-state index contributed by atoms with van der Waals surface area (Å²) >= 11 is 8.43. The Morgan fingerprint density at radius 2 is 1.73 bits per heavy atom. The fourth-order valence-electron chi connectivity index (χ4n) is 1.52. The summed E-state index contributed by atoms with van der Waals surface area (Å²) in [6.45, 7) is -0.0993. The second kappa shape index (κ2) is 8.35. The van der Waals surface area contributed by atoms with Crippen molar-refractivity contribution < 1.29 is 9.53 Å². The van der Waals surface area contributed by atoms with Crippen molar-refractivity contribution in [2.24, 2.45) is 0 Å². The number of ether oxygens (including phenoxy) is 1. The number of carbonyl (C=O) groups excluding carboxylic acids is 1. The van der Waals surface area contributed by atoms with E-state index in [1.54, 1.807) is 12.1 Å². The largest absolute Gasteiger partial charge is 0.484 e. The second-order valence-electron chi connectivity index (χ2n) is 4.24. The van der Waals surface area contributed by atoms with Gasteiger partial charge >= 0.3 is 0 Å². The Hall–Kier alpha value is -2.12. The lowest BCUT2D eigenvalue weighted by molar-refractivity contribution is -0.123. The zero-order chi connectivity index (χ0) is 15.8. The van der Waals surface area contributed by atoms with Crippen LogP contribution < -0.4 is 20.9 Å². The zero-order valence-electron chi connectivity index (χ0n) is 11.5. The maximum atomic E-state index is 11.6. The van der Waals surface area contributed by atoms with Crippen molar-refractivity contribution in [1.82, 2.24) is 10.9 Å². The Morgan fingerprint density at radius 1 is 1.05 bits per heavy atom. The molecule has 2 rings (SSSR count). The zero-order valence-corrected chi connectivity index (χ0v) is 13.9. The van der Waals surface area contributed by atoms with Gasteiger partial charge in [0.05, 0.1) is 0 Å². The maximum absolute atomic E-state index is 11.6. The van der Waals surface area contributed by atoms with E-state index >= 15 is 0 Å². The first-order chi connectivity index (χ1) is 10.6. The van der Waals surface area contributed by atoms with E-state index in [1.807, 2.05) is 42.5 Å². The molecule has 0 bridgehead atoms. The topological polar surface area (TPSA) is 62.4 Å². The van der Waals surface area contributed by atoms with E-state index in [4.69, 9.17) is 17.0 Å². The van der Waals surface area contributed by atoms with Crippen LogP contribution in [0.25, 0.3) is 0 Å². The molecule has 0 saturated carbocycles. The summed E-state index contributed by atoms with van der Waals surface area (Å²) in [6, 6.07) is 16.6. The van der Waals surface area contributed by atoms with Gasteiger partial charge in [0.25, 0.3) is 5.91 Å². The molecule has 0 unspecified atom stereocenters. The standard InChI is InChI=1S/C15H14BrN3O2S/c16-11-6-8-12(9-7-11)17-15(22)19-18-14(20)10-21-13-4-2-1-3-5-13/h1-9H,10H2,(H,18,20)(H2,17,19,22). The molecule has 7 heteroatoms. The first-order valence-electron chi connectivity index (χ1n) is 6.43. The van der Waals surface area contributed by atoms with E-state index in [1.165, 1.54) is 0 Å². The number of halogens is 1. The van der Waals surface area contributed by atoms with Crippen molar-refractivity contribution in [2.75, 3.05) is 11.9 Å². The van der Waals surface area contributed by atoms with Gasteiger partial charge in [-0.1, -0.05) is 34.1 Å². The van der Waals surface area contributed by atoms with Gasteiger partial charge in [-0.2, -0.15) is 0 Å². The van der Waals surface area contributed by atoms with Crippen LogP contribution in [-0.4, -0.2) is 17.6 Å². The highest BCUT2D eigenvalue weighted by Gasteiger charge is 2.03. The molecule has 0 saturated heterocycles. The smallest absolute Gasteiger partial charge is 0.276 e. The molecule has 114 valence electrons. The van der Waals surface area contributed by atoms with Gasteiger partial charge in [0.15, 0.2) is 11.7 Å². The van der Waals surface area contributed by atoms with Crippen molar-refractivity contribution >= 4 is 44.9 Å². The van der Waals surface area contributed by atoms with Crippen LogP contribution in [-0.2, 0) is 4.79 Å². The third-order valence-electron chi connectivity index (χ3n) is 2.53. The molecule has 22 heavy (non-hydrogen) atoms. The summed E-state index contributed by atoms with van der Waals surface area (Å²) in [6.07, 6.45) is 0. The van der Waals surface area contributed by atoms with Crippen LogP contribution in [0.5, 0.6) is 5.75 Å². The molecule has 2 aromatic carbocycles. The summed E-state index contributed by atoms with van der Waals surface area (Å²) < 4.78 is 6.29. The van der Waals surface area contributed by atoms with Gasteiger partial charge in [-0.05, 0) is 48.6 Å². The fraction of sp³-hybridized carbons (Fsp3) is 0.0667. The molecule has 0 fully saturated rings. The van der Waals surface area contributed by atoms with Crippen molar-refractivity contribution in [3.63, 3.8) is 0 Å². The van der Waals surface area contributed by atoms with E-state index in [0.29, 0.717) is 5.75 Å². The molecule has 2 aromatic rings. The molecular weight excluding hydrogens is 366 g/mol. The van der Waals surface area contributed by atoms with Crippen molar-refractivity contribution in [3.05, 3.63) is 59.1 Å². The van der Waals surface area contributed by atoms with Gasteiger partial charge in [-0.3, -0.25) is 15.6 Å². The molecule has 0 aliphatic carbocycles. The number of hydrogen-bond acceptors (Lipinski definition) is 3. The van der Waals surface area contributed by atoms with Gasteiger partial charge in [0.2, 0.25) is 0 Å². The van der Waals surface area contributed by atoms with E-state index in [-0.39, 0.29) is 17.6 Å². The molecule has 0 spiro atoms. The molecule has 0 aliphatic rings. The van der Waals surface area contributed by atoms with E-state index in [2.05, 4.69) is 32.1 Å². The van der Waals surface area contributed by atoms with E-state index in [0.717, 1.165) is 10.2 Å².